The van der Waals surface area contributed by atoms with E-state index in [1.165, 1.54) is 5.56 Å². The monoisotopic (exact) mass is 273 g/mol. The summed E-state index contributed by atoms with van der Waals surface area (Å²) in [6, 6.07) is 6.08. The van der Waals surface area contributed by atoms with Gasteiger partial charge in [-0.05, 0) is 24.6 Å². The average Bonchev–Trinajstić information content (AvgIpc) is 2.82. The largest absolute Gasteiger partial charge is 0.490 e. The summed E-state index contributed by atoms with van der Waals surface area (Å²) in [4.78, 5) is 0. The predicted octanol–water partition coefficient (Wildman–Crippen LogP) is 2.68. The number of nitrogens with zero attached hydrogens (tertiary/aromatic N) is 2. The van der Waals surface area contributed by atoms with Gasteiger partial charge in [0.1, 0.15) is 0 Å². The fourth-order valence-corrected chi connectivity index (χ4v) is 2.15. The number of aromatic nitrogens is 2. The quantitative estimate of drug-likeness (QED) is 0.930. The molecule has 0 radical (unpaired) electrons. The van der Waals surface area contributed by atoms with Crippen LogP contribution in [0.4, 0.5) is 5.69 Å². The number of rotatable bonds is 4. The number of benzene rings is 1. The van der Waals surface area contributed by atoms with Gasteiger partial charge in [0, 0.05) is 25.7 Å². The number of fused-ring (bicyclic) bond motifs is 1. The highest BCUT2D eigenvalue weighted by Crippen LogP contribution is 2.30. The Kier molecular flexibility index (Phi) is 3.76. The van der Waals surface area contributed by atoms with Crippen molar-refractivity contribution in [2.75, 3.05) is 18.5 Å². The smallest absolute Gasteiger partial charge is 0.161 e. The van der Waals surface area contributed by atoms with E-state index in [-0.39, 0.29) is 0 Å². The molecule has 1 aromatic carbocycles. The van der Waals surface area contributed by atoms with Crippen molar-refractivity contribution in [3.05, 3.63) is 36.2 Å². The van der Waals surface area contributed by atoms with Crippen molar-refractivity contribution in [3.8, 4) is 11.5 Å². The molecule has 20 heavy (non-hydrogen) atoms. The lowest BCUT2D eigenvalue weighted by atomic mass is 10.2. The Morgan fingerprint density at radius 2 is 2.10 bits per heavy atom. The van der Waals surface area contributed by atoms with Crippen molar-refractivity contribution in [3.63, 3.8) is 0 Å². The zero-order chi connectivity index (χ0) is 13.8. The van der Waals surface area contributed by atoms with Crippen LogP contribution in [-0.2, 0) is 13.1 Å². The van der Waals surface area contributed by atoms with Gasteiger partial charge in [-0.15, -0.1) is 0 Å². The number of hydrogen-bond donors (Lipinski definition) is 1. The van der Waals surface area contributed by atoms with E-state index in [0.29, 0.717) is 6.61 Å². The molecular weight excluding hydrogens is 254 g/mol. The van der Waals surface area contributed by atoms with E-state index in [1.54, 1.807) is 0 Å². The minimum absolute atomic E-state index is 0.715. The Hall–Kier alpha value is -2.17. The highest BCUT2D eigenvalue weighted by molar-refractivity contribution is 5.45. The third-order valence-corrected chi connectivity index (χ3v) is 3.27. The minimum Gasteiger partial charge on any atom is -0.490 e. The van der Waals surface area contributed by atoms with Crippen LogP contribution in [0.25, 0.3) is 0 Å². The van der Waals surface area contributed by atoms with Crippen molar-refractivity contribution in [1.29, 1.82) is 0 Å². The van der Waals surface area contributed by atoms with Crippen molar-refractivity contribution < 1.29 is 9.47 Å². The second-order valence-corrected chi connectivity index (χ2v) is 4.77. The Labute approximate surface area is 118 Å². The summed E-state index contributed by atoms with van der Waals surface area (Å²) in [6.45, 7) is 5.13. The van der Waals surface area contributed by atoms with Crippen LogP contribution in [0.3, 0.4) is 0 Å². The minimum atomic E-state index is 0.715. The van der Waals surface area contributed by atoms with Gasteiger partial charge < -0.3 is 14.8 Å². The van der Waals surface area contributed by atoms with Gasteiger partial charge >= 0.3 is 0 Å². The van der Waals surface area contributed by atoms with E-state index in [4.69, 9.17) is 9.47 Å². The molecule has 0 unspecified atom stereocenters. The van der Waals surface area contributed by atoms with Crippen LogP contribution in [0.1, 0.15) is 18.9 Å². The van der Waals surface area contributed by atoms with Crippen LogP contribution in [0.5, 0.6) is 11.5 Å². The fourth-order valence-electron chi connectivity index (χ4n) is 2.15. The fraction of sp³-hybridized carbons (Fsp3) is 0.400. The van der Waals surface area contributed by atoms with Crippen molar-refractivity contribution in [2.45, 2.75) is 26.4 Å². The molecule has 2 aromatic rings. The second kappa shape index (κ2) is 5.86. The number of anilines is 1. The summed E-state index contributed by atoms with van der Waals surface area (Å²) >= 11 is 0. The maximum absolute atomic E-state index is 5.69. The number of ether oxygens (including phenoxy) is 2. The highest BCUT2D eigenvalue weighted by atomic mass is 16.5. The van der Waals surface area contributed by atoms with E-state index in [2.05, 4.69) is 23.4 Å². The molecule has 0 aliphatic carbocycles. The number of nitrogens with one attached hydrogen (secondary N) is 1. The van der Waals surface area contributed by atoms with Gasteiger partial charge in [0.25, 0.3) is 0 Å². The SMILES string of the molecule is CCn1cc(NCc2ccc3c(c2)OCCCO3)cn1. The average molecular weight is 273 g/mol. The van der Waals surface area contributed by atoms with Crippen LogP contribution in [0.15, 0.2) is 30.6 Å². The summed E-state index contributed by atoms with van der Waals surface area (Å²) < 4.78 is 13.2. The molecule has 0 fully saturated rings. The molecule has 1 aromatic heterocycles. The predicted molar refractivity (Wildman–Crippen MR) is 77.3 cm³/mol. The molecule has 106 valence electrons. The Morgan fingerprint density at radius 1 is 1.25 bits per heavy atom. The maximum Gasteiger partial charge on any atom is 0.161 e. The van der Waals surface area contributed by atoms with E-state index >= 15 is 0 Å². The molecule has 0 amide bonds. The molecule has 5 heteroatoms. The van der Waals surface area contributed by atoms with Crippen LogP contribution in [0, 0.1) is 0 Å². The van der Waals surface area contributed by atoms with E-state index < -0.39 is 0 Å². The van der Waals surface area contributed by atoms with Crippen molar-refractivity contribution >= 4 is 5.69 Å². The number of aryl methyl sites for hydroxylation is 1. The Bertz CT molecular complexity index is 580. The van der Waals surface area contributed by atoms with Crippen molar-refractivity contribution in [2.24, 2.45) is 0 Å². The first-order chi connectivity index (χ1) is 9.85. The van der Waals surface area contributed by atoms with Gasteiger partial charge in [-0.2, -0.15) is 5.10 Å². The van der Waals surface area contributed by atoms with E-state index in [9.17, 15) is 0 Å². The normalized spacial score (nSPS) is 13.8. The van der Waals surface area contributed by atoms with Crippen LogP contribution in [-0.4, -0.2) is 23.0 Å². The first-order valence-electron chi connectivity index (χ1n) is 7.00. The molecule has 2 heterocycles. The standard InChI is InChI=1S/C15H19N3O2/c1-2-18-11-13(10-17-18)16-9-12-4-5-14-15(8-12)20-7-3-6-19-14/h4-5,8,10-11,16H,2-3,6-7,9H2,1H3. The molecule has 0 atom stereocenters. The molecule has 0 saturated heterocycles. The summed E-state index contributed by atoms with van der Waals surface area (Å²) in [5.74, 6) is 1.68. The lowest BCUT2D eigenvalue weighted by Crippen LogP contribution is -2.00. The molecule has 1 N–H and O–H groups in total. The first kappa shape index (κ1) is 12.8. The van der Waals surface area contributed by atoms with Crippen LogP contribution >= 0.6 is 0 Å². The highest BCUT2D eigenvalue weighted by Gasteiger charge is 2.10. The third kappa shape index (κ3) is 2.87. The molecule has 0 bridgehead atoms. The summed E-state index contributed by atoms with van der Waals surface area (Å²) in [7, 11) is 0. The summed E-state index contributed by atoms with van der Waals surface area (Å²) in [5.41, 5.74) is 2.19. The molecule has 3 rings (SSSR count). The Morgan fingerprint density at radius 3 is 2.90 bits per heavy atom. The Balaban J connectivity index is 1.67. The molecular formula is C15H19N3O2. The number of hydrogen-bond acceptors (Lipinski definition) is 4. The third-order valence-electron chi connectivity index (χ3n) is 3.27. The molecule has 1 aliphatic rings. The first-order valence-corrected chi connectivity index (χ1v) is 7.00. The zero-order valence-corrected chi connectivity index (χ0v) is 11.6. The van der Waals surface area contributed by atoms with Gasteiger partial charge in [0.15, 0.2) is 11.5 Å². The van der Waals surface area contributed by atoms with E-state index in [1.807, 2.05) is 29.2 Å². The molecule has 1 aliphatic heterocycles. The van der Waals surface area contributed by atoms with Crippen LogP contribution < -0.4 is 14.8 Å². The second-order valence-electron chi connectivity index (χ2n) is 4.77. The van der Waals surface area contributed by atoms with Gasteiger partial charge in [-0.25, -0.2) is 0 Å². The van der Waals surface area contributed by atoms with Crippen molar-refractivity contribution in [1.82, 2.24) is 9.78 Å². The summed E-state index contributed by atoms with van der Waals surface area (Å²) in [5, 5.41) is 7.60. The molecule has 0 spiro atoms. The lowest BCUT2D eigenvalue weighted by molar-refractivity contribution is 0.297. The lowest BCUT2D eigenvalue weighted by Gasteiger charge is -2.10. The van der Waals surface area contributed by atoms with Gasteiger partial charge in [0.05, 0.1) is 25.1 Å². The van der Waals surface area contributed by atoms with Crippen LogP contribution in [0.2, 0.25) is 0 Å². The van der Waals surface area contributed by atoms with Gasteiger partial charge in [0.2, 0.25) is 0 Å². The topological polar surface area (TPSA) is 48.3 Å². The maximum atomic E-state index is 5.69. The molecule has 5 nitrogen and oxygen atoms in total. The van der Waals surface area contributed by atoms with E-state index in [0.717, 1.165) is 43.3 Å². The molecule has 0 saturated carbocycles. The zero-order valence-electron chi connectivity index (χ0n) is 11.6. The van der Waals surface area contributed by atoms with Gasteiger partial charge in [-0.3, -0.25) is 4.68 Å². The summed E-state index contributed by atoms with van der Waals surface area (Å²) in [6.07, 6.45) is 4.77. The van der Waals surface area contributed by atoms with Gasteiger partial charge in [-0.1, -0.05) is 6.07 Å².